The number of carbonyl (C=O) groups is 2. The van der Waals surface area contributed by atoms with Crippen LogP contribution in [0, 0.1) is 0 Å². The number of carbonyl (C=O) groups excluding carboxylic acids is 2. The maximum Gasteiger partial charge on any atom is 0.472 e. The molecule has 0 aromatic rings. The minimum Gasteiger partial charge on any atom is -0.462 e. The highest BCUT2D eigenvalue weighted by Gasteiger charge is 2.27. The fourth-order valence-corrected chi connectivity index (χ4v) is 8.07. The average Bonchev–Trinajstić information content (AvgIpc) is 3.32. The Kier molecular flexibility index (Phi) is 48.6. The van der Waals surface area contributed by atoms with Gasteiger partial charge in [0.1, 0.15) is 19.8 Å². The normalized spacial score (nSPS) is 14.1. The molecule has 0 spiro atoms. The van der Waals surface area contributed by atoms with Crippen molar-refractivity contribution >= 4 is 19.8 Å². The van der Waals surface area contributed by atoms with Crippen molar-refractivity contribution in [2.24, 2.45) is 0 Å². The minimum absolute atomic E-state index is 0.00485. The van der Waals surface area contributed by atoms with Gasteiger partial charge in [-0.15, -0.1) is 0 Å². The lowest BCUT2D eigenvalue weighted by Crippen LogP contribution is -2.37. The number of rotatable bonds is 50. The molecule has 0 bridgehead atoms. The number of allylic oxidation sites excluding steroid dienone is 15. The van der Waals surface area contributed by atoms with Gasteiger partial charge in [0.05, 0.1) is 34.2 Å². The zero-order valence-corrected chi connectivity index (χ0v) is 46.4. The van der Waals surface area contributed by atoms with Crippen LogP contribution in [-0.4, -0.2) is 74.9 Å². The topological polar surface area (TPSA) is 108 Å². The Morgan fingerprint density at radius 1 is 0.471 bits per heavy atom. The summed E-state index contributed by atoms with van der Waals surface area (Å²) >= 11 is 0. The van der Waals surface area contributed by atoms with E-state index in [9.17, 15) is 19.0 Å². The van der Waals surface area contributed by atoms with E-state index < -0.39 is 32.5 Å². The SMILES string of the molecule is CC/C=C\C/C=C\C/C=C\C/C=C\C/C=C\CC(=O)OC(COC(=O)CCCCCCCCCCCCCCCCCC/C=C\C/C=C\C/C=C\CCCCCCC)COP(=O)(O)OCC[N+](C)(C)C. The fourth-order valence-electron chi connectivity index (χ4n) is 7.33. The standard InChI is InChI=1S/C60H104NO8P/c1-6-8-10-12-14-16-18-20-22-23-24-25-26-27-28-29-30-31-32-33-34-35-36-37-39-40-42-44-46-48-50-52-59(62)66-56-58(57-68-70(64,65)67-55-54-61(3,4)5)69-60(63)53-51-49-47-45-43-41-38-21-19-17-15-13-11-9-7-2/h9,11,15,17-18,20-21,23-24,26-27,38,43,45,49,51,58H,6-8,10,12-14,16,19,22,25,28-37,39-42,44,46-48,50,52-57H2,1-5H3/p+1/b11-9-,17-15-,20-18-,24-23-,27-26-,38-21-,45-43-,51-49-. The second kappa shape index (κ2) is 50.9. The number of ether oxygens (including phenoxy) is 2. The molecule has 0 saturated carbocycles. The van der Waals surface area contributed by atoms with Gasteiger partial charge in [-0.2, -0.15) is 0 Å². The third-order valence-corrected chi connectivity index (χ3v) is 12.6. The summed E-state index contributed by atoms with van der Waals surface area (Å²) < 4.78 is 34.3. The first-order chi connectivity index (χ1) is 34.0. The highest BCUT2D eigenvalue weighted by Crippen LogP contribution is 2.43. The molecule has 70 heavy (non-hydrogen) atoms. The van der Waals surface area contributed by atoms with Crippen LogP contribution in [-0.2, 0) is 32.7 Å². The Labute approximate surface area is 430 Å². The fraction of sp³-hybridized carbons (Fsp3) is 0.700. The van der Waals surface area contributed by atoms with Crippen LogP contribution in [0.1, 0.15) is 219 Å². The van der Waals surface area contributed by atoms with E-state index in [0.29, 0.717) is 17.4 Å². The smallest absolute Gasteiger partial charge is 0.462 e. The maximum absolute atomic E-state index is 12.7. The Balaban J connectivity index is 4.14. The van der Waals surface area contributed by atoms with Crippen molar-refractivity contribution in [3.05, 3.63) is 97.2 Å². The van der Waals surface area contributed by atoms with Crippen LogP contribution in [0.25, 0.3) is 0 Å². The molecule has 0 aromatic heterocycles. The molecule has 9 nitrogen and oxygen atoms in total. The summed E-state index contributed by atoms with van der Waals surface area (Å²) in [5.41, 5.74) is 0. The Bertz CT molecular complexity index is 1500. The molecule has 0 aliphatic carbocycles. The lowest BCUT2D eigenvalue weighted by molar-refractivity contribution is -0.870. The van der Waals surface area contributed by atoms with Gasteiger partial charge in [0.25, 0.3) is 0 Å². The summed E-state index contributed by atoms with van der Waals surface area (Å²) in [6.45, 7) is 4.19. The number of unbranched alkanes of at least 4 members (excludes halogenated alkanes) is 21. The first-order valence-corrected chi connectivity index (χ1v) is 29.5. The molecule has 0 amide bonds. The van der Waals surface area contributed by atoms with Crippen molar-refractivity contribution in [2.45, 2.75) is 225 Å². The van der Waals surface area contributed by atoms with Crippen molar-refractivity contribution in [3.8, 4) is 0 Å². The molecule has 0 aliphatic rings. The Hall–Kier alpha value is -3.07. The summed E-state index contributed by atoms with van der Waals surface area (Å²) in [6, 6.07) is 0. The van der Waals surface area contributed by atoms with Crippen molar-refractivity contribution in [3.63, 3.8) is 0 Å². The molecule has 0 fully saturated rings. The number of esters is 2. The van der Waals surface area contributed by atoms with Crippen molar-refractivity contribution in [1.82, 2.24) is 0 Å². The van der Waals surface area contributed by atoms with Crippen LogP contribution in [0.2, 0.25) is 0 Å². The van der Waals surface area contributed by atoms with Gasteiger partial charge >= 0.3 is 19.8 Å². The second-order valence-electron chi connectivity index (χ2n) is 19.6. The van der Waals surface area contributed by atoms with Crippen LogP contribution in [0.15, 0.2) is 97.2 Å². The highest BCUT2D eigenvalue weighted by atomic mass is 31.2. The molecule has 2 atom stereocenters. The van der Waals surface area contributed by atoms with Gasteiger partial charge in [0, 0.05) is 6.42 Å². The molecule has 0 aliphatic heterocycles. The van der Waals surface area contributed by atoms with Crippen LogP contribution < -0.4 is 0 Å². The number of hydrogen-bond acceptors (Lipinski definition) is 7. The van der Waals surface area contributed by atoms with Gasteiger partial charge in [0.15, 0.2) is 6.10 Å². The summed E-state index contributed by atoms with van der Waals surface area (Å²) in [5, 5.41) is 0. The zero-order chi connectivity index (χ0) is 51.3. The van der Waals surface area contributed by atoms with Crippen LogP contribution in [0.3, 0.4) is 0 Å². The lowest BCUT2D eigenvalue weighted by atomic mass is 10.0. The Morgan fingerprint density at radius 2 is 0.857 bits per heavy atom. The van der Waals surface area contributed by atoms with Crippen LogP contribution in [0.5, 0.6) is 0 Å². The first kappa shape index (κ1) is 66.9. The van der Waals surface area contributed by atoms with E-state index in [-0.39, 0.29) is 26.1 Å². The van der Waals surface area contributed by atoms with Gasteiger partial charge in [-0.1, -0.05) is 227 Å². The van der Waals surface area contributed by atoms with Crippen LogP contribution >= 0.6 is 7.82 Å². The third-order valence-electron chi connectivity index (χ3n) is 11.6. The highest BCUT2D eigenvalue weighted by molar-refractivity contribution is 7.47. The van der Waals surface area contributed by atoms with E-state index in [4.69, 9.17) is 18.5 Å². The monoisotopic (exact) mass is 999 g/mol. The molecule has 10 heteroatoms. The number of likely N-dealkylation sites (N-methyl/N-ethyl adjacent to an activating group) is 1. The molecular weight excluding hydrogens is 894 g/mol. The predicted octanol–water partition coefficient (Wildman–Crippen LogP) is 17.3. The second-order valence-corrected chi connectivity index (χ2v) is 21.1. The maximum atomic E-state index is 12.7. The van der Waals surface area contributed by atoms with Gasteiger partial charge < -0.3 is 18.9 Å². The average molecular weight is 999 g/mol. The molecule has 0 rings (SSSR count). The number of hydrogen-bond donors (Lipinski definition) is 1. The van der Waals surface area contributed by atoms with E-state index in [1.165, 1.54) is 128 Å². The predicted molar refractivity (Wildman–Crippen MR) is 298 cm³/mol. The number of phosphoric acid groups is 1. The molecule has 402 valence electrons. The summed E-state index contributed by atoms with van der Waals surface area (Å²) in [7, 11) is 1.41. The molecular formula is C60H105NO8P+. The van der Waals surface area contributed by atoms with E-state index in [1.54, 1.807) is 6.08 Å². The number of quaternary nitrogens is 1. The van der Waals surface area contributed by atoms with E-state index in [1.807, 2.05) is 33.3 Å². The van der Waals surface area contributed by atoms with E-state index in [0.717, 1.165) is 57.8 Å². The summed E-state index contributed by atoms with van der Waals surface area (Å²) in [5.74, 6) is -0.948. The number of nitrogens with zero attached hydrogens (tertiary/aromatic N) is 1. The van der Waals surface area contributed by atoms with Gasteiger partial charge in [-0.05, 0) is 77.0 Å². The van der Waals surface area contributed by atoms with Crippen LogP contribution in [0.4, 0.5) is 0 Å². The quantitative estimate of drug-likeness (QED) is 0.0211. The van der Waals surface area contributed by atoms with Crippen molar-refractivity contribution < 1.29 is 42.1 Å². The molecule has 0 heterocycles. The minimum atomic E-state index is -4.41. The molecule has 0 aromatic carbocycles. The lowest BCUT2D eigenvalue weighted by Gasteiger charge is -2.24. The van der Waals surface area contributed by atoms with E-state index in [2.05, 4.69) is 92.8 Å². The summed E-state index contributed by atoms with van der Waals surface area (Å²) in [4.78, 5) is 35.5. The molecule has 0 radical (unpaired) electrons. The zero-order valence-electron chi connectivity index (χ0n) is 45.5. The number of phosphoric ester groups is 1. The van der Waals surface area contributed by atoms with Gasteiger partial charge in [-0.3, -0.25) is 18.6 Å². The molecule has 0 saturated heterocycles. The summed E-state index contributed by atoms with van der Waals surface area (Å²) in [6.07, 6.45) is 69.5. The van der Waals surface area contributed by atoms with E-state index >= 15 is 0 Å². The van der Waals surface area contributed by atoms with Crippen molar-refractivity contribution in [1.29, 1.82) is 0 Å². The van der Waals surface area contributed by atoms with Gasteiger partial charge in [0.2, 0.25) is 0 Å². The molecule has 1 N–H and O–H groups in total. The first-order valence-electron chi connectivity index (χ1n) is 28.0. The van der Waals surface area contributed by atoms with Gasteiger partial charge in [-0.25, -0.2) is 4.57 Å². The van der Waals surface area contributed by atoms with Crippen molar-refractivity contribution in [2.75, 3.05) is 47.5 Å². The Morgan fingerprint density at radius 3 is 1.29 bits per heavy atom. The third kappa shape index (κ3) is 54.3. The largest absolute Gasteiger partial charge is 0.472 e. The molecule has 2 unspecified atom stereocenters.